The Bertz CT molecular complexity index is 960. The van der Waals surface area contributed by atoms with Crippen LogP contribution in [0.5, 0.6) is 0 Å². The molecule has 0 saturated carbocycles. The minimum absolute atomic E-state index is 0.178. The largest absolute Gasteiger partial charge is 0.490 e. The fraction of sp³-hybridized carbons (Fsp3) is 0.516. The number of allylic oxidation sites excluding steroid dienone is 12. The van der Waals surface area contributed by atoms with Crippen LogP contribution in [0, 0.1) is 5.92 Å². The van der Waals surface area contributed by atoms with Gasteiger partial charge in [0.05, 0.1) is 5.92 Å². The number of halogens is 6. The van der Waals surface area contributed by atoms with Crippen LogP contribution in [0.3, 0.4) is 0 Å². The molecule has 0 fully saturated rings. The van der Waals surface area contributed by atoms with Crippen LogP contribution >= 0.6 is 0 Å². The van der Waals surface area contributed by atoms with Crippen LogP contribution in [0.1, 0.15) is 65.2 Å². The zero-order valence-electron chi connectivity index (χ0n) is 24.4. The number of ether oxygens (including phenoxy) is 3. The summed E-state index contributed by atoms with van der Waals surface area (Å²) in [4.78, 5) is 34.3. The lowest BCUT2D eigenvalue weighted by atomic mass is 10.0. The Morgan fingerprint density at radius 2 is 0.930 bits per heavy atom. The van der Waals surface area contributed by atoms with Gasteiger partial charge in [-0.15, -0.1) is 0 Å². The molecule has 6 nitrogen and oxygen atoms in total. The maximum atomic E-state index is 12.5. The van der Waals surface area contributed by atoms with Crippen molar-refractivity contribution in [3.05, 3.63) is 72.9 Å². The average Bonchev–Trinajstić information content (AvgIpc) is 2.94. The molecule has 0 amide bonds. The third-order valence-electron chi connectivity index (χ3n) is 5.39. The van der Waals surface area contributed by atoms with E-state index >= 15 is 0 Å². The smallest absolute Gasteiger partial charge is 0.455 e. The molecular formula is C31H40F6O6. The average molecular weight is 623 g/mol. The maximum absolute atomic E-state index is 12.5. The molecule has 0 aliphatic heterocycles. The Morgan fingerprint density at radius 3 is 1.26 bits per heavy atom. The maximum Gasteiger partial charge on any atom is 0.490 e. The second-order valence-corrected chi connectivity index (χ2v) is 9.01. The normalized spacial score (nSPS) is 13.9. The van der Waals surface area contributed by atoms with Gasteiger partial charge in [-0.25, -0.2) is 9.59 Å². The van der Waals surface area contributed by atoms with Gasteiger partial charge in [-0.1, -0.05) is 86.8 Å². The summed E-state index contributed by atoms with van der Waals surface area (Å²) in [6.07, 6.45) is 17.0. The Kier molecular flexibility index (Phi) is 21.0. The molecule has 0 aromatic carbocycles. The summed E-state index contributed by atoms with van der Waals surface area (Å²) in [7, 11) is 0. The Morgan fingerprint density at radius 1 is 0.581 bits per heavy atom. The highest BCUT2D eigenvalue weighted by Gasteiger charge is 2.43. The van der Waals surface area contributed by atoms with Gasteiger partial charge < -0.3 is 14.2 Å². The second-order valence-electron chi connectivity index (χ2n) is 9.01. The molecule has 1 atom stereocenters. The highest BCUT2D eigenvalue weighted by Crippen LogP contribution is 2.20. The van der Waals surface area contributed by atoms with Gasteiger partial charge in [0.25, 0.3) is 0 Å². The highest BCUT2D eigenvalue weighted by molar-refractivity contribution is 5.76. The molecular weight excluding hydrogens is 582 g/mol. The van der Waals surface area contributed by atoms with E-state index in [1.54, 1.807) is 19.1 Å². The minimum atomic E-state index is -5.38. The number of carbonyl (C=O) groups excluding carboxylic acids is 3. The quantitative estimate of drug-likeness (QED) is 0.0589. The van der Waals surface area contributed by atoms with Crippen molar-refractivity contribution in [3.63, 3.8) is 0 Å². The van der Waals surface area contributed by atoms with E-state index in [-0.39, 0.29) is 12.8 Å². The van der Waals surface area contributed by atoms with Gasteiger partial charge >= 0.3 is 30.3 Å². The molecule has 242 valence electrons. The van der Waals surface area contributed by atoms with Crippen molar-refractivity contribution in [2.75, 3.05) is 13.2 Å². The molecule has 1 unspecified atom stereocenters. The third kappa shape index (κ3) is 21.7. The van der Waals surface area contributed by atoms with Crippen LogP contribution in [-0.4, -0.2) is 49.6 Å². The lowest BCUT2D eigenvalue weighted by Crippen LogP contribution is -2.37. The Hall–Kier alpha value is -3.57. The fourth-order valence-corrected chi connectivity index (χ4v) is 3.09. The van der Waals surface area contributed by atoms with Crippen molar-refractivity contribution in [2.45, 2.75) is 83.7 Å². The van der Waals surface area contributed by atoms with E-state index in [1.807, 2.05) is 18.2 Å². The molecule has 43 heavy (non-hydrogen) atoms. The second kappa shape index (κ2) is 23.0. The molecule has 0 heterocycles. The van der Waals surface area contributed by atoms with Crippen LogP contribution in [0.15, 0.2) is 72.9 Å². The zero-order valence-corrected chi connectivity index (χ0v) is 24.4. The minimum Gasteiger partial charge on any atom is -0.455 e. The number of esters is 3. The number of alkyl halides is 6. The van der Waals surface area contributed by atoms with E-state index in [0.29, 0.717) is 6.42 Å². The number of rotatable bonds is 20. The van der Waals surface area contributed by atoms with E-state index in [9.17, 15) is 40.7 Å². The van der Waals surface area contributed by atoms with Gasteiger partial charge in [0, 0.05) is 0 Å². The van der Waals surface area contributed by atoms with Gasteiger partial charge in [-0.05, 0) is 51.4 Å². The topological polar surface area (TPSA) is 78.9 Å². The van der Waals surface area contributed by atoms with Crippen LogP contribution in [-0.2, 0) is 28.6 Å². The van der Waals surface area contributed by atoms with Crippen LogP contribution in [0.25, 0.3) is 0 Å². The van der Waals surface area contributed by atoms with Gasteiger partial charge in [0.1, 0.15) is 13.2 Å². The first-order chi connectivity index (χ1) is 20.3. The molecule has 12 heteroatoms. The van der Waals surface area contributed by atoms with Crippen molar-refractivity contribution in [1.82, 2.24) is 0 Å². The monoisotopic (exact) mass is 622 g/mol. The van der Waals surface area contributed by atoms with E-state index < -0.39 is 55.5 Å². The molecule has 0 bridgehead atoms. The molecule has 0 aliphatic carbocycles. The lowest BCUT2D eigenvalue weighted by Gasteiger charge is -2.21. The summed E-state index contributed by atoms with van der Waals surface area (Å²) >= 11 is 0. The van der Waals surface area contributed by atoms with Crippen molar-refractivity contribution < 1.29 is 54.9 Å². The van der Waals surface area contributed by atoms with E-state index in [0.717, 1.165) is 32.1 Å². The van der Waals surface area contributed by atoms with E-state index in [4.69, 9.17) is 4.74 Å². The van der Waals surface area contributed by atoms with Gasteiger partial charge in [0.15, 0.2) is 6.10 Å². The molecule has 0 radical (unpaired) electrons. The molecule has 0 rings (SSSR count). The Balaban J connectivity index is 4.60. The lowest BCUT2D eigenvalue weighted by molar-refractivity contribution is -0.210. The number of hydrogen-bond acceptors (Lipinski definition) is 6. The summed E-state index contributed by atoms with van der Waals surface area (Å²) < 4.78 is 87.1. The van der Waals surface area contributed by atoms with Gasteiger partial charge in [-0.3, -0.25) is 4.79 Å². The number of carbonyl (C=O) groups is 3. The van der Waals surface area contributed by atoms with Crippen molar-refractivity contribution in [1.29, 1.82) is 0 Å². The third-order valence-corrected chi connectivity index (χ3v) is 5.39. The predicted octanol–water partition coefficient (Wildman–Crippen LogP) is 8.22. The first-order valence-corrected chi connectivity index (χ1v) is 13.9. The van der Waals surface area contributed by atoms with Crippen molar-refractivity contribution in [2.24, 2.45) is 5.92 Å². The van der Waals surface area contributed by atoms with E-state index in [1.165, 1.54) is 0 Å². The van der Waals surface area contributed by atoms with Gasteiger partial charge in [0.2, 0.25) is 0 Å². The predicted molar refractivity (Wildman–Crippen MR) is 151 cm³/mol. The first kappa shape index (κ1) is 39.4. The molecule has 0 spiro atoms. The van der Waals surface area contributed by atoms with Crippen LogP contribution < -0.4 is 0 Å². The standard InChI is InChI=1S/C31H40F6O6/c1-3-5-6-7-8-9-10-11-12-13-14-15-16-17-18-19-20-21-22-25(4-2)27(38)43-26(23-41-28(39)30(32,33)34)24-42-29(40)31(35,36)37/h5-6,8-9,11-12,14-15,17-18,20-21,25-26H,3-4,7,10,13,16,19,22-24H2,1-2H3/b6-5-,9-8-,12-11-,15-14-,18-17-,21-20-. The summed E-state index contributed by atoms with van der Waals surface area (Å²) in [5.74, 6) is -7.02. The molecule has 0 aromatic rings. The fourth-order valence-electron chi connectivity index (χ4n) is 3.09. The zero-order chi connectivity index (χ0) is 32.6. The van der Waals surface area contributed by atoms with Crippen LogP contribution in [0.4, 0.5) is 26.3 Å². The number of hydrogen-bond donors (Lipinski definition) is 0. The highest BCUT2D eigenvalue weighted by atomic mass is 19.4. The first-order valence-electron chi connectivity index (χ1n) is 13.9. The van der Waals surface area contributed by atoms with Crippen molar-refractivity contribution >= 4 is 17.9 Å². The SMILES string of the molecule is CC/C=C\C/C=C\C/C=C\C/C=C\C/C=C\C/C=C\CC(CC)C(=O)OC(COC(=O)C(F)(F)F)COC(=O)C(F)(F)F. The molecule has 0 aliphatic rings. The molecule has 0 saturated heterocycles. The summed E-state index contributed by atoms with van der Waals surface area (Å²) in [6, 6.07) is 0. The van der Waals surface area contributed by atoms with Crippen LogP contribution in [0.2, 0.25) is 0 Å². The molecule has 0 aromatic heterocycles. The summed E-state index contributed by atoms with van der Waals surface area (Å²) in [5, 5.41) is 0. The summed E-state index contributed by atoms with van der Waals surface area (Å²) in [5.41, 5.74) is 0. The summed E-state index contributed by atoms with van der Waals surface area (Å²) in [6.45, 7) is 1.21. The molecule has 0 N–H and O–H groups in total. The Labute approximate surface area is 248 Å². The van der Waals surface area contributed by atoms with E-state index in [2.05, 4.69) is 58.9 Å². The van der Waals surface area contributed by atoms with Gasteiger partial charge in [-0.2, -0.15) is 26.3 Å². The van der Waals surface area contributed by atoms with Crippen molar-refractivity contribution in [3.8, 4) is 0 Å².